The molecule has 0 unspecified atom stereocenters. The minimum absolute atomic E-state index is 0.0668. The Balaban J connectivity index is 2.76. The molecule has 0 saturated carbocycles. The number of carbonyl (C=O) groups excluding carboxylic acids is 1. The van der Waals surface area contributed by atoms with E-state index >= 15 is 0 Å². The van der Waals surface area contributed by atoms with Crippen molar-refractivity contribution in [2.24, 2.45) is 0 Å². The quantitative estimate of drug-likeness (QED) is 0.591. The Morgan fingerprint density at radius 3 is 2.91 bits per heavy atom. The molecule has 0 fully saturated rings. The Morgan fingerprint density at radius 1 is 1.55 bits per heavy atom. The van der Waals surface area contributed by atoms with E-state index in [0.29, 0.717) is 11.3 Å². The molecule has 0 atom stereocenters. The van der Waals surface area contributed by atoms with Crippen LogP contribution in [0.4, 0.5) is 0 Å². The molecule has 0 aromatic heterocycles. The zero-order valence-corrected chi connectivity index (χ0v) is 6.26. The molecule has 1 aliphatic carbocycles. The lowest BCUT2D eigenvalue weighted by Gasteiger charge is -2.05. The summed E-state index contributed by atoms with van der Waals surface area (Å²) in [5.74, 6) is -0.0668. The highest BCUT2D eigenvalue weighted by Crippen LogP contribution is 2.04. The van der Waals surface area contributed by atoms with Gasteiger partial charge in [-0.05, 0) is 18.2 Å². The highest BCUT2D eigenvalue weighted by atomic mass is 16.5. The molecule has 1 rings (SSSR count). The van der Waals surface area contributed by atoms with E-state index in [4.69, 9.17) is 10.1 Å². The van der Waals surface area contributed by atoms with Crippen LogP contribution in [0, 0.1) is 5.41 Å². The molecule has 11 heavy (non-hydrogen) atoms. The number of rotatable bonds is 2. The van der Waals surface area contributed by atoms with Crippen molar-refractivity contribution in [2.45, 2.75) is 0 Å². The van der Waals surface area contributed by atoms with Crippen molar-refractivity contribution in [3.8, 4) is 0 Å². The maximum atomic E-state index is 11.0. The third-order valence-electron chi connectivity index (χ3n) is 1.36. The third-order valence-corrected chi connectivity index (χ3v) is 1.36. The van der Waals surface area contributed by atoms with E-state index < -0.39 is 0 Å². The fraction of sp³-hybridized carbons (Fsp3) is 0.250. The predicted octanol–water partition coefficient (Wildman–Crippen LogP) is 0.718. The second-order valence-electron chi connectivity index (χ2n) is 2.26. The fourth-order valence-electron chi connectivity index (χ4n) is 0.848. The second kappa shape index (κ2) is 3.25. The Bertz CT molecular complexity index is 251. The van der Waals surface area contributed by atoms with Gasteiger partial charge in [-0.25, -0.2) is 0 Å². The molecule has 0 heterocycles. The Hall–Kier alpha value is -1.22. The normalized spacial score (nSPS) is 17.0. The number of ether oxygens (including phenoxy) is 1. The van der Waals surface area contributed by atoms with E-state index in [2.05, 4.69) is 0 Å². The smallest absolute Gasteiger partial charge is 0.184 e. The van der Waals surface area contributed by atoms with Gasteiger partial charge in [0.05, 0.1) is 12.3 Å². The van der Waals surface area contributed by atoms with E-state index in [0.717, 1.165) is 0 Å². The fourth-order valence-corrected chi connectivity index (χ4v) is 0.848. The van der Waals surface area contributed by atoms with E-state index in [9.17, 15) is 4.79 Å². The number of nitrogens with one attached hydrogen (secondary N) is 1. The topological polar surface area (TPSA) is 50.1 Å². The zero-order chi connectivity index (χ0) is 8.27. The Labute approximate surface area is 64.9 Å². The molecule has 0 spiro atoms. The van der Waals surface area contributed by atoms with Gasteiger partial charge in [0.15, 0.2) is 5.78 Å². The molecular formula is C8H9NO2. The zero-order valence-electron chi connectivity index (χ0n) is 6.26. The number of carbonyl (C=O) groups is 1. The Morgan fingerprint density at radius 2 is 2.27 bits per heavy atom. The van der Waals surface area contributed by atoms with Crippen molar-refractivity contribution < 1.29 is 9.53 Å². The first-order valence-corrected chi connectivity index (χ1v) is 3.24. The first-order valence-electron chi connectivity index (χ1n) is 3.24. The van der Waals surface area contributed by atoms with Crippen LogP contribution in [0.5, 0.6) is 0 Å². The lowest BCUT2D eigenvalue weighted by Crippen LogP contribution is -2.11. The average Bonchev–Trinajstić information content (AvgIpc) is 1.98. The van der Waals surface area contributed by atoms with Gasteiger partial charge in [0.25, 0.3) is 0 Å². The molecule has 0 bridgehead atoms. The molecule has 58 valence electrons. The first-order chi connectivity index (χ1) is 5.24. The molecule has 0 amide bonds. The van der Waals surface area contributed by atoms with Crippen molar-refractivity contribution in [3.63, 3.8) is 0 Å². The number of ketones is 1. The van der Waals surface area contributed by atoms with Crippen LogP contribution in [0.3, 0.4) is 0 Å². The third kappa shape index (κ3) is 1.85. The van der Waals surface area contributed by atoms with E-state index in [1.54, 1.807) is 0 Å². The van der Waals surface area contributed by atoms with Crippen LogP contribution >= 0.6 is 0 Å². The van der Waals surface area contributed by atoms with Gasteiger partial charge in [-0.2, -0.15) is 0 Å². The summed E-state index contributed by atoms with van der Waals surface area (Å²) >= 11 is 0. The summed E-state index contributed by atoms with van der Waals surface area (Å²) in [7, 11) is 1.52. The number of allylic oxidation sites excluding steroid dienone is 3. The van der Waals surface area contributed by atoms with Crippen LogP contribution in [-0.4, -0.2) is 25.2 Å². The van der Waals surface area contributed by atoms with Gasteiger partial charge in [0, 0.05) is 12.7 Å². The average molecular weight is 151 g/mol. The van der Waals surface area contributed by atoms with Gasteiger partial charge in [-0.1, -0.05) is 0 Å². The van der Waals surface area contributed by atoms with Gasteiger partial charge >= 0.3 is 0 Å². The van der Waals surface area contributed by atoms with Gasteiger partial charge in [0.2, 0.25) is 0 Å². The predicted molar refractivity (Wildman–Crippen MR) is 41.8 cm³/mol. The summed E-state index contributed by atoms with van der Waals surface area (Å²) in [5, 5.41) is 7.22. The van der Waals surface area contributed by atoms with Gasteiger partial charge in [-0.15, -0.1) is 0 Å². The van der Waals surface area contributed by atoms with Crippen molar-refractivity contribution in [1.29, 1.82) is 5.41 Å². The van der Waals surface area contributed by atoms with Crippen LogP contribution in [0.2, 0.25) is 0 Å². The van der Waals surface area contributed by atoms with E-state index in [1.807, 2.05) is 0 Å². The number of methoxy groups -OCH3 is 1. The summed E-state index contributed by atoms with van der Waals surface area (Å²) in [4.78, 5) is 11.0. The number of hydrogen-bond acceptors (Lipinski definition) is 3. The van der Waals surface area contributed by atoms with Crippen LogP contribution in [0.25, 0.3) is 0 Å². The summed E-state index contributed by atoms with van der Waals surface area (Å²) in [6.07, 6.45) is 4.38. The van der Waals surface area contributed by atoms with Crippen molar-refractivity contribution in [3.05, 3.63) is 23.8 Å². The van der Waals surface area contributed by atoms with Crippen LogP contribution in [-0.2, 0) is 9.53 Å². The first kappa shape index (κ1) is 7.88. The highest BCUT2D eigenvalue weighted by Gasteiger charge is 2.09. The lowest BCUT2D eigenvalue weighted by atomic mass is 10.0. The van der Waals surface area contributed by atoms with Crippen LogP contribution in [0.15, 0.2) is 23.8 Å². The second-order valence-corrected chi connectivity index (χ2v) is 2.26. The molecular weight excluding hydrogens is 142 g/mol. The lowest BCUT2D eigenvalue weighted by molar-refractivity contribution is -0.111. The summed E-state index contributed by atoms with van der Waals surface area (Å²) in [5.41, 5.74) is 0.886. The molecule has 0 aromatic carbocycles. The molecule has 1 aliphatic rings. The van der Waals surface area contributed by atoms with Gasteiger partial charge in [0.1, 0.15) is 0 Å². The molecule has 3 heteroatoms. The minimum Gasteiger partial charge on any atom is -0.380 e. The van der Waals surface area contributed by atoms with Crippen molar-refractivity contribution in [2.75, 3.05) is 13.7 Å². The van der Waals surface area contributed by atoms with Crippen LogP contribution < -0.4 is 0 Å². The van der Waals surface area contributed by atoms with E-state index in [-0.39, 0.29) is 12.4 Å². The maximum absolute atomic E-state index is 11.0. The number of hydrogen-bond donors (Lipinski definition) is 1. The molecule has 0 aliphatic heterocycles. The monoisotopic (exact) mass is 151 g/mol. The Kier molecular flexibility index (Phi) is 2.33. The van der Waals surface area contributed by atoms with Gasteiger partial charge < -0.3 is 10.1 Å². The summed E-state index contributed by atoms with van der Waals surface area (Å²) < 4.78 is 4.78. The van der Waals surface area contributed by atoms with Crippen molar-refractivity contribution >= 4 is 11.5 Å². The molecule has 0 aromatic rings. The SMILES string of the molecule is COCC1=CC(=N)C=CC1=O. The summed E-state index contributed by atoms with van der Waals surface area (Å²) in [6.45, 7) is 0.283. The minimum atomic E-state index is -0.0668. The molecule has 3 nitrogen and oxygen atoms in total. The summed E-state index contributed by atoms with van der Waals surface area (Å²) in [6, 6.07) is 0. The maximum Gasteiger partial charge on any atom is 0.184 e. The molecule has 1 N–H and O–H groups in total. The molecule has 0 saturated heterocycles. The van der Waals surface area contributed by atoms with Crippen LogP contribution in [0.1, 0.15) is 0 Å². The van der Waals surface area contributed by atoms with Gasteiger partial charge in [-0.3, -0.25) is 4.79 Å². The highest BCUT2D eigenvalue weighted by molar-refractivity contribution is 6.18. The van der Waals surface area contributed by atoms with Crippen molar-refractivity contribution in [1.82, 2.24) is 0 Å². The van der Waals surface area contributed by atoms with E-state index in [1.165, 1.54) is 25.3 Å². The largest absolute Gasteiger partial charge is 0.380 e. The molecule has 0 radical (unpaired) electrons. The standard InChI is InChI=1S/C8H9NO2/c1-11-5-6-4-7(9)2-3-8(6)10/h2-4,9H,5H2,1H3.